The summed E-state index contributed by atoms with van der Waals surface area (Å²) in [7, 11) is 2.10. The van der Waals surface area contributed by atoms with Crippen molar-refractivity contribution >= 4 is 33.0 Å². The fourth-order valence-electron chi connectivity index (χ4n) is 2.34. The molecular formula is C16H22BrN3S. The molecule has 21 heavy (non-hydrogen) atoms. The summed E-state index contributed by atoms with van der Waals surface area (Å²) in [6, 6.07) is 6.90. The van der Waals surface area contributed by atoms with Crippen molar-refractivity contribution in [1.29, 1.82) is 0 Å². The highest BCUT2D eigenvalue weighted by Crippen LogP contribution is 2.28. The molecule has 0 saturated carbocycles. The van der Waals surface area contributed by atoms with Crippen LogP contribution in [0.15, 0.2) is 28.1 Å². The molecule has 1 unspecified atom stereocenters. The van der Waals surface area contributed by atoms with Gasteiger partial charge in [-0.3, -0.25) is 0 Å². The van der Waals surface area contributed by atoms with Crippen molar-refractivity contribution in [2.24, 2.45) is 0 Å². The SMILES string of the molecule is CCNC(C)c1ccc(N(C)Cc2csc(C)n2)cc1Br. The number of rotatable bonds is 6. The highest BCUT2D eigenvalue weighted by Gasteiger charge is 2.11. The van der Waals surface area contributed by atoms with E-state index in [1.165, 1.54) is 11.3 Å². The summed E-state index contributed by atoms with van der Waals surface area (Å²) >= 11 is 5.40. The van der Waals surface area contributed by atoms with Crippen LogP contribution in [0.5, 0.6) is 0 Å². The molecule has 1 atom stereocenters. The van der Waals surface area contributed by atoms with Gasteiger partial charge in [0, 0.05) is 28.6 Å². The van der Waals surface area contributed by atoms with Gasteiger partial charge in [0.2, 0.25) is 0 Å². The highest BCUT2D eigenvalue weighted by atomic mass is 79.9. The molecule has 0 amide bonds. The summed E-state index contributed by atoms with van der Waals surface area (Å²) in [5.41, 5.74) is 3.61. The van der Waals surface area contributed by atoms with Crippen LogP contribution in [0.2, 0.25) is 0 Å². The van der Waals surface area contributed by atoms with Crippen LogP contribution in [0.4, 0.5) is 5.69 Å². The summed E-state index contributed by atoms with van der Waals surface area (Å²) in [6.07, 6.45) is 0. The molecule has 0 saturated heterocycles. The lowest BCUT2D eigenvalue weighted by Crippen LogP contribution is -2.19. The lowest BCUT2D eigenvalue weighted by atomic mass is 10.1. The minimum Gasteiger partial charge on any atom is -0.369 e. The lowest BCUT2D eigenvalue weighted by Gasteiger charge is -2.21. The first-order valence-electron chi connectivity index (χ1n) is 7.16. The van der Waals surface area contributed by atoms with Gasteiger partial charge in [-0.15, -0.1) is 11.3 Å². The number of nitrogens with one attached hydrogen (secondary N) is 1. The molecule has 1 aromatic heterocycles. The smallest absolute Gasteiger partial charge is 0.0898 e. The Balaban J connectivity index is 2.11. The first-order valence-corrected chi connectivity index (χ1v) is 8.83. The number of anilines is 1. The molecule has 0 spiro atoms. The van der Waals surface area contributed by atoms with E-state index < -0.39 is 0 Å². The number of aromatic nitrogens is 1. The Morgan fingerprint density at radius 3 is 2.76 bits per heavy atom. The summed E-state index contributed by atoms with van der Waals surface area (Å²) in [4.78, 5) is 6.75. The van der Waals surface area contributed by atoms with Crippen molar-refractivity contribution in [3.05, 3.63) is 44.3 Å². The van der Waals surface area contributed by atoms with E-state index in [0.29, 0.717) is 6.04 Å². The van der Waals surface area contributed by atoms with Crippen LogP contribution in [0.1, 0.15) is 36.2 Å². The van der Waals surface area contributed by atoms with Crippen LogP contribution < -0.4 is 10.2 Å². The van der Waals surface area contributed by atoms with Gasteiger partial charge in [-0.25, -0.2) is 4.98 Å². The number of hydrogen-bond donors (Lipinski definition) is 1. The molecule has 2 aromatic rings. The van der Waals surface area contributed by atoms with Crippen LogP contribution in [-0.2, 0) is 6.54 Å². The van der Waals surface area contributed by atoms with Crippen molar-refractivity contribution in [2.75, 3.05) is 18.5 Å². The van der Waals surface area contributed by atoms with Gasteiger partial charge in [-0.1, -0.05) is 28.9 Å². The standard InChI is InChI=1S/C16H22BrN3S/c1-5-18-11(2)15-7-6-14(8-16(15)17)20(4)9-13-10-21-12(3)19-13/h6-8,10-11,18H,5,9H2,1-4H3. The molecule has 0 aliphatic rings. The van der Waals surface area contributed by atoms with Gasteiger partial charge in [0.25, 0.3) is 0 Å². The second-order valence-corrected chi connectivity index (χ2v) is 7.12. The second-order valence-electron chi connectivity index (χ2n) is 5.20. The third-order valence-corrected chi connectivity index (χ3v) is 4.98. The predicted molar refractivity (Wildman–Crippen MR) is 95.2 cm³/mol. The Kier molecular flexibility index (Phi) is 5.79. The van der Waals surface area contributed by atoms with Gasteiger partial charge in [-0.05, 0) is 38.1 Å². The minimum absolute atomic E-state index is 0.352. The third kappa shape index (κ3) is 4.28. The number of aryl methyl sites for hydroxylation is 1. The number of benzene rings is 1. The van der Waals surface area contributed by atoms with Crippen molar-refractivity contribution in [3.63, 3.8) is 0 Å². The summed E-state index contributed by atoms with van der Waals surface area (Å²) in [5, 5.41) is 6.69. The maximum Gasteiger partial charge on any atom is 0.0898 e. The molecule has 0 radical (unpaired) electrons. The molecule has 0 bridgehead atoms. The molecule has 0 aliphatic carbocycles. The number of halogens is 1. The summed E-state index contributed by atoms with van der Waals surface area (Å²) in [6.45, 7) is 8.16. The Labute approximate surface area is 139 Å². The Morgan fingerprint density at radius 1 is 1.43 bits per heavy atom. The maximum atomic E-state index is 4.52. The molecule has 1 N–H and O–H groups in total. The fourth-order valence-corrected chi connectivity index (χ4v) is 3.65. The molecule has 3 nitrogen and oxygen atoms in total. The van der Waals surface area contributed by atoms with Crippen molar-refractivity contribution in [1.82, 2.24) is 10.3 Å². The van der Waals surface area contributed by atoms with Crippen molar-refractivity contribution in [3.8, 4) is 0 Å². The van der Waals surface area contributed by atoms with Crippen LogP contribution in [0.3, 0.4) is 0 Å². The maximum absolute atomic E-state index is 4.52. The summed E-state index contributed by atoms with van der Waals surface area (Å²) < 4.78 is 1.15. The van der Waals surface area contributed by atoms with E-state index in [2.05, 4.69) is 75.6 Å². The van der Waals surface area contributed by atoms with Gasteiger partial charge in [0.1, 0.15) is 0 Å². The van der Waals surface area contributed by atoms with Gasteiger partial charge in [0.15, 0.2) is 0 Å². The topological polar surface area (TPSA) is 28.2 Å². The van der Waals surface area contributed by atoms with E-state index in [4.69, 9.17) is 0 Å². The highest BCUT2D eigenvalue weighted by molar-refractivity contribution is 9.10. The molecule has 0 fully saturated rings. The zero-order chi connectivity index (χ0) is 15.4. The average molecular weight is 368 g/mol. The number of hydrogen-bond acceptors (Lipinski definition) is 4. The van der Waals surface area contributed by atoms with Gasteiger partial charge >= 0.3 is 0 Å². The number of nitrogens with zero attached hydrogens (tertiary/aromatic N) is 2. The first-order chi connectivity index (χ1) is 10.0. The van der Waals surface area contributed by atoms with E-state index in [9.17, 15) is 0 Å². The van der Waals surface area contributed by atoms with E-state index in [1.54, 1.807) is 11.3 Å². The molecular weight excluding hydrogens is 346 g/mol. The quantitative estimate of drug-likeness (QED) is 0.813. The van der Waals surface area contributed by atoms with Crippen LogP contribution >= 0.6 is 27.3 Å². The zero-order valence-electron chi connectivity index (χ0n) is 13.0. The van der Waals surface area contributed by atoms with Crippen molar-refractivity contribution < 1.29 is 0 Å². The van der Waals surface area contributed by atoms with Crippen LogP contribution in [0, 0.1) is 6.92 Å². The molecule has 114 valence electrons. The van der Waals surface area contributed by atoms with E-state index >= 15 is 0 Å². The Morgan fingerprint density at radius 2 is 2.19 bits per heavy atom. The van der Waals surface area contributed by atoms with Crippen LogP contribution in [0.25, 0.3) is 0 Å². The van der Waals surface area contributed by atoms with Gasteiger partial charge in [-0.2, -0.15) is 0 Å². The minimum atomic E-state index is 0.352. The van der Waals surface area contributed by atoms with Crippen LogP contribution in [-0.4, -0.2) is 18.6 Å². The molecule has 1 heterocycles. The normalized spacial score (nSPS) is 12.4. The Hall–Kier alpha value is -0.910. The predicted octanol–water partition coefficient (Wildman–Crippen LogP) is 4.52. The van der Waals surface area contributed by atoms with E-state index in [1.807, 2.05) is 6.92 Å². The molecule has 5 heteroatoms. The van der Waals surface area contributed by atoms with Gasteiger partial charge in [0.05, 0.1) is 17.2 Å². The zero-order valence-corrected chi connectivity index (χ0v) is 15.4. The lowest BCUT2D eigenvalue weighted by molar-refractivity contribution is 0.596. The average Bonchev–Trinajstić information content (AvgIpc) is 2.84. The number of thiazole rings is 1. The summed E-state index contributed by atoms with van der Waals surface area (Å²) in [5.74, 6) is 0. The van der Waals surface area contributed by atoms with Gasteiger partial charge < -0.3 is 10.2 Å². The molecule has 2 rings (SSSR count). The largest absolute Gasteiger partial charge is 0.369 e. The molecule has 0 aliphatic heterocycles. The van der Waals surface area contributed by atoms with Crippen molar-refractivity contribution in [2.45, 2.75) is 33.4 Å². The monoisotopic (exact) mass is 367 g/mol. The Bertz CT molecular complexity index is 597. The first kappa shape index (κ1) is 16.5. The van der Waals surface area contributed by atoms with E-state index in [-0.39, 0.29) is 0 Å². The third-order valence-electron chi connectivity index (χ3n) is 3.47. The second kappa shape index (κ2) is 7.38. The fraction of sp³-hybridized carbons (Fsp3) is 0.438. The van der Waals surface area contributed by atoms with E-state index in [0.717, 1.165) is 28.3 Å². The molecule has 1 aromatic carbocycles.